The summed E-state index contributed by atoms with van der Waals surface area (Å²) in [6, 6.07) is 10.9. The number of hydrogen-bond donors (Lipinski definition) is 0. The van der Waals surface area contributed by atoms with Crippen molar-refractivity contribution in [3.8, 4) is 0 Å². The number of aromatic nitrogens is 1. The minimum absolute atomic E-state index is 0.0550. The number of ether oxygens (including phenoxy) is 1. The fourth-order valence-electron chi connectivity index (χ4n) is 4.00. The second kappa shape index (κ2) is 10.3. The highest BCUT2D eigenvalue weighted by molar-refractivity contribution is 6.12. The van der Waals surface area contributed by atoms with E-state index in [4.69, 9.17) is 4.84 Å². The summed E-state index contributed by atoms with van der Waals surface area (Å²) < 4.78 is 6.71. The maximum atomic E-state index is 11.4. The lowest BCUT2D eigenvalue weighted by molar-refractivity contribution is -0.384. The Kier molecular flexibility index (Phi) is 7.45. The Labute approximate surface area is 186 Å². The number of nitrogens with zero attached hydrogens (tertiary/aromatic N) is 3. The molecular formula is C24H29N3O5. The summed E-state index contributed by atoms with van der Waals surface area (Å²) in [5, 5.41) is 17.0. The fraction of sp³-hybridized carbons (Fsp3) is 0.417. The van der Waals surface area contributed by atoms with Crippen LogP contribution in [-0.4, -0.2) is 28.5 Å². The average molecular weight is 440 g/mol. The monoisotopic (exact) mass is 439 g/mol. The third-order valence-corrected chi connectivity index (χ3v) is 5.88. The molecule has 3 rings (SSSR count). The third kappa shape index (κ3) is 4.90. The van der Waals surface area contributed by atoms with Crippen molar-refractivity contribution in [1.82, 2.24) is 4.57 Å². The summed E-state index contributed by atoms with van der Waals surface area (Å²) in [7, 11) is 1.21. The van der Waals surface area contributed by atoms with Gasteiger partial charge in [-0.25, -0.2) is 4.79 Å². The number of rotatable bonds is 9. The molecule has 0 fully saturated rings. The zero-order valence-corrected chi connectivity index (χ0v) is 19.0. The maximum Gasteiger partial charge on any atom is 0.534 e. The summed E-state index contributed by atoms with van der Waals surface area (Å²) in [5.74, 6) is 0.528. The van der Waals surface area contributed by atoms with Gasteiger partial charge >= 0.3 is 6.16 Å². The minimum atomic E-state index is -0.893. The highest BCUT2D eigenvalue weighted by Crippen LogP contribution is 2.34. The molecule has 0 radical (unpaired) electrons. The van der Waals surface area contributed by atoms with Crippen LogP contribution in [0.1, 0.15) is 52.0 Å². The molecule has 0 saturated carbocycles. The van der Waals surface area contributed by atoms with Crippen LogP contribution in [0.15, 0.2) is 41.6 Å². The zero-order chi connectivity index (χ0) is 23.3. The van der Waals surface area contributed by atoms with Gasteiger partial charge < -0.3 is 9.30 Å². The number of non-ortho nitro benzene ring substituents is 1. The summed E-state index contributed by atoms with van der Waals surface area (Å²) in [6.07, 6.45) is 3.67. The summed E-state index contributed by atoms with van der Waals surface area (Å²) in [4.78, 5) is 27.0. The number of methoxy groups -OCH3 is 1. The predicted molar refractivity (Wildman–Crippen MR) is 125 cm³/mol. The van der Waals surface area contributed by atoms with Gasteiger partial charge in [0.2, 0.25) is 0 Å². The van der Waals surface area contributed by atoms with Gasteiger partial charge in [-0.1, -0.05) is 44.3 Å². The normalized spacial score (nSPS) is 12.8. The van der Waals surface area contributed by atoms with Crippen molar-refractivity contribution in [2.24, 2.45) is 11.1 Å². The Balaban J connectivity index is 2.14. The molecule has 8 nitrogen and oxygen atoms in total. The van der Waals surface area contributed by atoms with Crippen LogP contribution in [0, 0.1) is 16.0 Å². The number of nitro groups is 1. The van der Waals surface area contributed by atoms with Crippen LogP contribution >= 0.6 is 0 Å². The Morgan fingerprint density at radius 2 is 1.84 bits per heavy atom. The van der Waals surface area contributed by atoms with E-state index in [9.17, 15) is 14.9 Å². The molecule has 170 valence electrons. The molecule has 0 aliphatic heterocycles. The van der Waals surface area contributed by atoms with Crippen molar-refractivity contribution >= 4 is 39.4 Å². The summed E-state index contributed by atoms with van der Waals surface area (Å²) >= 11 is 0. The smallest absolute Gasteiger partial charge is 0.436 e. The van der Waals surface area contributed by atoms with Crippen LogP contribution in [0.5, 0.6) is 0 Å². The molecule has 0 saturated heterocycles. The average Bonchev–Trinajstić information content (AvgIpc) is 3.11. The SMILES string of the molecule is CCCCC(CC)Cn1c2ccc(/C(C)=N/OC(=O)OC)cc2c2cc([N+](=O)[O-])ccc21. The Morgan fingerprint density at radius 3 is 2.47 bits per heavy atom. The molecule has 32 heavy (non-hydrogen) atoms. The molecule has 1 atom stereocenters. The Hall–Kier alpha value is -3.42. The number of nitro benzene ring substituents is 1. The minimum Gasteiger partial charge on any atom is -0.436 e. The number of carbonyl (C=O) groups is 1. The first kappa shape index (κ1) is 23.2. The van der Waals surface area contributed by atoms with E-state index in [1.54, 1.807) is 19.1 Å². The van der Waals surface area contributed by atoms with Crippen molar-refractivity contribution in [3.63, 3.8) is 0 Å². The zero-order valence-electron chi connectivity index (χ0n) is 19.0. The number of unbranched alkanes of at least 4 members (excludes halogenated alkanes) is 1. The first-order chi connectivity index (χ1) is 15.4. The molecule has 1 unspecified atom stereocenters. The van der Waals surface area contributed by atoms with E-state index in [-0.39, 0.29) is 10.6 Å². The van der Waals surface area contributed by atoms with Crippen molar-refractivity contribution < 1.29 is 19.3 Å². The van der Waals surface area contributed by atoms with Crippen molar-refractivity contribution in [1.29, 1.82) is 0 Å². The number of hydrogen-bond acceptors (Lipinski definition) is 6. The van der Waals surface area contributed by atoms with E-state index >= 15 is 0 Å². The van der Waals surface area contributed by atoms with E-state index in [1.807, 2.05) is 24.3 Å². The van der Waals surface area contributed by atoms with Crippen LogP contribution < -0.4 is 0 Å². The highest BCUT2D eigenvalue weighted by atomic mass is 16.8. The molecular weight excluding hydrogens is 410 g/mol. The Bertz CT molecular complexity index is 1170. The van der Waals surface area contributed by atoms with Gasteiger partial charge in [0, 0.05) is 40.5 Å². The number of carbonyl (C=O) groups excluding carboxylic acids is 1. The standard InChI is InChI=1S/C24H29N3O5/c1-5-7-8-17(6-2)15-26-22-11-9-18(16(3)25-32-24(28)31-4)13-20(22)21-14-19(27(29)30)10-12-23(21)26/h9-14,17H,5-8,15H2,1-4H3/b25-16+. The van der Waals surface area contributed by atoms with Gasteiger partial charge in [-0.05, 0) is 43.0 Å². The number of oxime groups is 1. The lowest BCUT2D eigenvalue weighted by Gasteiger charge is -2.17. The molecule has 0 spiro atoms. The summed E-state index contributed by atoms with van der Waals surface area (Å²) in [5.41, 5.74) is 3.29. The first-order valence-electron chi connectivity index (χ1n) is 10.9. The van der Waals surface area contributed by atoms with E-state index in [0.29, 0.717) is 11.6 Å². The lowest BCUT2D eigenvalue weighted by atomic mass is 9.99. The van der Waals surface area contributed by atoms with Crippen molar-refractivity contribution in [2.75, 3.05) is 7.11 Å². The quantitative estimate of drug-likeness (QED) is 0.126. The van der Waals surface area contributed by atoms with E-state index in [0.717, 1.165) is 53.2 Å². The molecule has 1 heterocycles. The molecule has 0 N–H and O–H groups in total. The van der Waals surface area contributed by atoms with Crippen LogP contribution in [-0.2, 0) is 16.1 Å². The van der Waals surface area contributed by atoms with Gasteiger partial charge in [0.05, 0.1) is 17.7 Å². The van der Waals surface area contributed by atoms with E-state index < -0.39 is 6.16 Å². The second-order valence-corrected chi connectivity index (χ2v) is 7.94. The Morgan fingerprint density at radius 1 is 1.16 bits per heavy atom. The molecule has 0 bridgehead atoms. The van der Waals surface area contributed by atoms with Crippen LogP contribution in [0.25, 0.3) is 21.8 Å². The van der Waals surface area contributed by atoms with Gasteiger partial charge in [-0.2, -0.15) is 0 Å². The molecule has 8 heteroatoms. The molecule has 0 aliphatic carbocycles. The summed E-state index contributed by atoms with van der Waals surface area (Å²) in [6.45, 7) is 6.98. The topological polar surface area (TPSA) is 96.0 Å². The van der Waals surface area contributed by atoms with Crippen LogP contribution in [0.2, 0.25) is 0 Å². The molecule has 0 aliphatic rings. The van der Waals surface area contributed by atoms with E-state index in [2.05, 4.69) is 28.3 Å². The van der Waals surface area contributed by atoms with Gasteiger partial charge in [0.25, 0.3) is 5.69 Å². The van der Waals surface area contributed by atoms with Crippen LogP contribution in [0.3, 0.4) is 0 Å². The lowest BCUT2D eigenvalue weighted by Crippen LogP contribution is -2.10. The van der Waals surface area contributed by atoms with E-state index in [1.165, 1.54) is 13.5 Å². The molecule has 0 amide bonds. The molecule has 3 aromatic rings. The number of benzene rings is 2. The van der Waals surface area contributed by atoms with Crippen molar-refractivity contribution in [2.45, 2.75) is 53.0 Å². The highest BCUT2D eigenvalue weighted by Gasteiger charge is 2.18. The number of fused-ring (bicyclic) bond motifs is 3. The van der Waals surface area contributed by atoms with Gasteiger partial charge in [-0.15, -0.1) is 0 Å². The van der Waals surface area contributed by atoms with Crippen LogP contribution in [0.4, 0.5) is 10.5 Å². The molecule has 2 aromatic carbocycles. The van der Waals surface area contributed by atoms with Gasteiger partial charge in [0.1, 0.15) is 0 Å². The first-order valence-corrected chi connectivity index (χ1v) is 10.9. The van der Waals surface area contributed by atoms with Gasteiger partial charge in [-0.3, -0.25) is 15.0 Å². The van der Waals surface area contributed by atoms with Crippen molar-refractivity contribution in [3.05, 3.63) is 52.1 Å². The predicted octanol–water partition coefficient (Wildman–Crippen LogP) is 6.43. The molecule has 1 aromatic heterocycles. The fourth-order valence-corrected chi connectivity index (χ4v) is 4.00. The second-order valence-electron chi connectivity index (χ2n) is 7.94. The maximum absolute atomic E-state index is 11.4. The third-order valence-electron chi connectivity index (χ3n) is 5.88. The van der Waals surface area contributed by atoms with Gasteiger partial charge in [0.15, 0.2) is 0 Å². The largest absolute Gasteiger partial charge is 0.534 e.